The number of aliphatic hydroxyl groups is 1. The fourth-order valence-electron chi connectivity index (χ4n) is 2.28. The Balaban J connectivity index is 2.23. The number of aliphatic hydroxyl groups excluding tert-OH is 1. The molecule has 1 aromatic carbocycles. The number of nitrogens with two attached hydrogens (primary N) is 2. The van der Waals surface area contributed by atoms with Crippen molar-refractivity contribution in [3.63, 3.8) is 0 Å². The summed E-state index contributed by atoms with van der Waals surface area (Å²) >= 11 is 0. The molecule has 2 atom stereocenters. The van der Waals surface area contributed by atoms with Crippen molar-refractivity contribution in [2.45, 2.75) is 12.5 Å². The lowest BCUT2D eigenvalue weighted by atomic mass is 10.1. The molecule has 0 bridgehead atoms. The SMILES string of the molecule is NC(=O)C1CC(CO)CN1c1ccc(N)cc1. The van der Waals surface area contributed by atoms with E-state index in [2.05, 4.69) is 0 Å². The Morgan fingerprint density at radius 2 is 2.06 bits per heavy atom. The van der Waals surface area contributed by atoms with E-state index in [9.17, 15) is 9.90 Å². The average molecular weight is 235 g/mol. The molecule has 0 aromatic heterocycles. The van der Waals surface area contributed by atoms with Gasteiger partial charge in [0.1, 0.15) is 6.04 Å². The molecule has 1 heterocycles. The minimum Gasteiger partial charge on any atom is -0.399 e. The monoisotopic (exact) mass is 235 g/mol. The lowest BCUT2D eigenvalue weighted by molar-refractivity contribution is -0.119. The Kier molecular flexibility index (Phi) is 3.19. The Labute approximate surface area is 100 Å². The number of carbonyl (C=O) groups is 1. The summed E-state index contributed by atoms with van der Waals surface area (Å²) in [5, 5.41) is 9.18. The minimum absolute atomic E-state index is 0.0786. The molecule has 17 heavy (non-hydrogen) atoms. The number of nitrogen functional groups attached to an aromatic ring is 1. The van der Waals surface area contributed by atoms with Gasteiger partial charge in [-0.3, -0.25) is 4.79 Å². The molecule has 1 saturated heterocycles. The normalized spacial score (nSPS) is 23.9. The Hall–Kier alpha value is -1.75. The number of anilines is 2. The average Bonchev–Trinajstić information content (AvgIpc) is 2.74. The number of rotatable bonds is 3. The second-order valence-electron chi connectivity index (χ2n) is 4.45. The summed E-state index contributed by atoms with van der Waals surface area (Å²) in [5.41, 5.74) is 12.6. The molecule has 0 saturated carbocycles. The maximum Gasteiger partial charge on any atom is 0.240 e. The predicted molar refractivity (Wildman–Crippen MR) is 66.4 cm³/mol. The van der Waals surface area contributed by atoms with Crippen LogP contribution in [-0.2, 0) is 4.79 Å². The van der Waals surface area contributed by atoms with Crippen LogP contribution in [-0.4, -0.2) is 30.2 Å². The second-order valence-corrected chi connectivity index (χ2v) is 4.45. The Bertz CT molecular complexity index is 405. The predicted octanol–water partition coefficient (Wildman–Crippen LogP) is -0.0587. The van der Waals surface area contributed by atoms with Crippen LogP contribution in [0.1, 0.15) is 6.42 Å². The van der Waals surface area contributed by atoms with Crippen LogP contribution in [0.4, 0.5) is 11.4 Å². The fourth-order valence-corrected chi connectivity index (χ4v) is 2.28. The first-order valence-electron chi connectivity index (χ1n) is 5.64. The number of hydrogen-bond acceptors (Lipinski definition) is 4. The van der Waals surface area contributed by atoms with Gasteiger partial charge in [-0.05, 0) is 30.7 Å². The summed E-state index contributed by atoms with van der Waals surface area (Å²) in [6.07, 6.45) is 0.607. The molecular formula is C12H17N3O2. The summed E-state index contributed by atoms with van der Waals surface area (Å²) in [4.78, 5) is 13.3. The van der Waals surface area contributed by atoms with E-state index in [1.807, 2.05) is 17.0 Å². The van der Waals surface area contributed by atoms with Gasteiger partial charge in [0.15, 0.2) is 0 Å². The van der Waals surface area contributed by atoms with Gasteiger partial charge in [-0.2, -0.15) is 0 Å². The molecule has 0 spiro atoms. The van der Waals surface area contributed by atoms with Gasteiger partial charge in [-0.15, -0.1) is 0 Å². The number of amides is 1. The summed E-state index contributed by atoms with van der Waals surface area (Å²) < 4.78 is 0. The smallest absolute Gasteiger partial charge is 0.240 e. The zero-order chi connectivity index (χ0) is 12.4. The number of benzene rings is 1. The molecule has 1 aliphatic rings. The van der Waals surface area contributed by atoms with Crippen LogP contribution < -0.4 is 16.4 Å². The van der Waals surface area contributed by atoms with Gasteiger partial charge < -0.3 is 21.5 Å². The van der Waals surface area contributed by atoms with Gasteiger partial charge in [-0.1, -0.05) is 0 Å². The highest BCUT2D eigenvalue weighted by Gasteiger charge is 2.35. The molecule has 2 rings (SSSR count). The van der Waals surface area contributed by atoms with Crippen LogP contribution in [0.3, 0.4) is 0 Å². The molecule has 1 aromatic rings. The van der Waals surface area contributed by atoms with Crippen molar-refractivity contribution < 1.29 is 9.90 Å². The largest absolute Gasteiger partial charge is 0.399 e. The topological polar surface area (TPSA) is 92.6 Å². The van der Waals surface area contributed by atoms with Crippen LogP contribution in [0, 0.1) is 5.92 Å². The zero-order valence-electron chi connectivity index (χ0n) is 9.54. The lowest BCUT2D eigenvalue weighted by Gasteiger charge is -2.24. The quantitative estimate of drug-likeness (QED) is 0.640. The van der Waals surface area contributed by atoms with Gasteiger partial charge >= 0.3 is 0 Å². The molecule has 0 radical (unpaired) electrons. The summed E-state index contributed by atoms with van der Waals surface area (Å²) in [5.74, 6) is -0.247. The van der Waals surface area contributed by atoms with Gasteiger partial charge in [0.2, 0.25) is 5.91 Å². The number of nitrogens with zero attached hydrogens (tertiary/aromatic N) is 1. The van der Waals surface area contributed by atoms with E-state index in [-0.39, 0.29) is 24.5 Å². The third-order valence-electron chi connectivity index (χ3n) is 3.20. The number of primary amides is 1. The second kappa shape index (κ2) is 4.63. The maximum absolute atomic E-state index is 11.4. The standard InChI is InChI=1S/C12H17N3O2/c13-9-1-3-10(4-2-9)15-6-8(7-16)5-11(15)12(14)17/h1-4,8,11,16H,5-7,13H2,(H2,14,17). The molecule has 0 aliphatic carbocycles. The molecule has 1 aliphatic heterocycles. The molecule has 2 unspecified atom stereocenters. The van der Waals surface area contributed by atoms with E-state index in [1.165, 1.54) is 0 Å². The summed E-state index contributed by atoms with van der Waals surface area (Å²) in [7, 11) is 0. The maximum atomic E-state index is 11.4. The molecule has 5 N–H and O–H groups in total. The minimum atomic E-state index is -0.349. The molecule has 1 amide bonds. The molecule has 92 valence electrons. The highest BCUT2D eigenvalue weighted by Crippen LogP contribution is 2.29. The van der Waals surface area contributed by atoms with Crippen molar-refractivity contribution in [2.24, 2.45) is 11.7 Å². The van der Waals surface area contributed by atoms with E-state index >= 15 is 0 Å². The molecule has 5 heteroatoms. The van der Waals surface area contributed by atoms with Crippen molar-refractivity contribution in [3.05, 3.63) is 24.3 Å². The highest BCUT2D eigenvalue weighted by molar-refractivity contribution is 5.84. The van der Waals surface area contributed by atoms with E-state index in [4.69, 9.17) is 11.5 Å². The van der Waals surface area contributed by atoms with Crippen LogP contribution in [0.25, 0.3) is 0 Å². The summed E-state index contributed by atoms with van der Waals surface area (Å²) in [6, 6.07) is 6.98. The Morgan fingerprint density at radius 1 is 1.41 bits per heavy atom. The van der Waals surface area contributed by atoms with Gasteiger partial charge in [0, 0.05) is 30.4 Å². The van der Waals surface area contributed by atoms with E-state index in [0.29, 0.717) is 18.7 Å². The van der Waals surface area contributed by atoms with Crippen LogP contribution in [0.5, 0.6) is 0 Å². The zero-order valence-corrected chi connectivity index (χ0v) is 9.54. The van der Waals surface area contributed by atoms with Crippen molar-refractivity contribution in [1.29, 1.82) is 0 Å². The van der Waals surface area contributed by atoms with E-state index in [1.54, 1.807) is 12.1 Å². The van der Waals surface area contributed by atoms with Crippen molar-refractivity contribution in [2.75, 3.05) is 23.8 Å². The first-order valence-corrected chi connectivity index (χ1v) is 5.64. The number of carbonyl (C=O) groups excluding carboxylic acids is 1. The van der Waals surface area contributed by atoms with Gasteiger partial charge in [-0.25, -0.2) is 0 Å². The third-order valence-corrected chi connectivity index (χ3v) is 3.20. The fraction of sp³-hybridized carbons (Fsp3) is 0.417. The molecule has 5 nitrogen and oxygen atoms in total. The third kappa shape index (κ3) is 2.34. The first-order chi connectivity index (χ1) is 8.11. The van der Waals surface area contributed by atoms with Crippen molar-refractivity contribution in [3.8, 4) is 0 Å². The Morgan fingerprint density at radius 3 is 2.59 bits per heavy atom. The highest BCUT2D eigenvalue weighted by atomic mass is 16.3. The van der Waals surface area contributed by atoms with Crippen molar-refractivity contribution in [1.82, 2.24) is 0 Å². The number of hydrogen-bond donors (Lipinski definition) is 3. The molecule has 1 fully saturated rings. The molecular weight excluding hydrogens is 218 g/mol. The van der Waals surface area contributed by atoms with E-state index in [0.717, 1.165) is 5.69 Å². The van der Waals surface area contributed by atoms with E-state index < -0.39 is 0 Å². The summed E-state index contributed by atoms with van der Waals surface area (Å²) in [6.45, 7) is 0.725. The van der Waals surface area contributed by atoms with Crippen LogP contribution in [0.2, 0.25) is 0 Å². The lowest BCUT2D eigenvalue weighted by Crippen LogP contribution is -2.40. The first kappa shape index (κ1) is 11.7. The van der Waals surface area contributed by atoms with Gasteiger partial charge in [0.05, 0.1) is 0 Å². The van der Waals surface area contributed by atoms with Crippen molar-refractivity contribution >= 4 is 17.3 Å². The van der Waals surface area contributed by atoms with Crippen LogP contribution in [0.15, 0.2) is 24.3 Å². The van der Waals surface area contributed by atoms with Crippen LogP contribution >= 0.6 is 0 Å². The van der Waals surface area contributed by atoms with Gasteiger partial charge in [0.25, 0.3) is 0 Å².